The van der Waals surface area contributed by atoms with E-state index in [0.29, 0.717) is 0 Å². The van der Waals surface area contributed by atoms with Gasteiger partial charge in [-0.3, -0.25) is 0 Å². The van der Waals surface area contributed by atoms with Crippen LogP contribution < -0.4 is 0 Å². The fourth-order valence-electron chi connectivity index (χ4n) is 0. The molecule has 0 aliphatic rings. The number of hydrogen-bond acceptors (Lipinski definition) is 2. The zero-order chi connectivity index (χ0) is 3.58. The average Bonchev–Trinajstić information content (AvgIpc) is 0.811. The summed E-state index contributed by atoms with van der Waals surface area (Å²) < 4.78 is 0. The van der Waals surface area contributed by atoms with Gasteiger partial charge in [0.05, 0.1) is 0 Å². The van der Waals surface area contributed by atoms with Crippen LogP contribution in [0.1, 0.15) is 0 Å². The summed E-state index contributed by atoms with van der Waals surface area (Å²) in [5.41, 5.74) is 0. The Morgan fingerprint density at radius 3 is 1.67 bits per heavy atom. The Kier molecular flexibility index (Phi) is 24.6. The van der Waals surface area contributed by atoms with Crippen LogP contribution in [0, 0.1) is 10.1 Å². The van der Waals surface area contributed by atoms with Crippen LogP contribution in [0.5, 0.6) is 0 Å². The van der Waals surface area contributed by atoms with Crippen LogP contribution in [-0.2, 0) is 0 Å². The van der Waals surface area contributed by atoms with Gasteiger partial charge in [-0.15, -0.1) is 10.1 Å². The summed E-state index contributed by atoms with van der Waals surface area (Å²) in [7, 11) is 0. The van der Waals surface area contributed by atoms with Crippen LogP contribution in [0.15, 0.2) is 0 Å². The van der Waals surface area contributed by atoms with Crippen molar-refractivity contribution in [1.29, 1.82) is 0 Å². The van der Waals surface area contributed by atoms with E-state index in [2.05, 4.69) is 0 Å². The van der Waals surface area contributed by atoms with Gasteiger partial charge >= 0.3 is 52.6 Å². The third-order valence-corrected chi connectivity index (χ3v) is 0. The first kappa shape index (κ1) is 15.8. The van der Waals surface area contributed by atoms with Gasteiger partial charge in [0.1, 0.15) is 0 Å². The average molecular weight is 113 g/mol. The molecule has 0 unspecified atom stereocenters. The van der Waals surface area contributed by atoms with Gasteiger partial charge in [0.15, 0.2) is 0 Å². The third-order valence-electron chi connectivity index (χ3n) is 0. The van der Waals surface area contributed by atoms with Gasteiger partial charge in [-0.25, -0.2) is 0 Å². The van der Waals surface area contributed by atoms with Gasteiger partial charge in [0.2, 0.25) is 0 Å². The molecular weight excluding hydrogens is 109 g/mol. The van der Waals surface area contributed by atoms with Crippen molar-refractivity contribution < 1.29 is 10.3 Å². The summed E-state index contributed by atoms with van der Waals surface area (Å²) in [6.07, 6.45) is 0. The Morgan fingerprint density at radius 2 is 1.67 bits per heavy atom. The van der Waals surface area contributed by atoms with Gasteiger partial charge in [0.25, 0.3) is 5.09 Å². The molecule has 0 atom stereocenters. The van der Waals surface area contributed by atoms with Crippen LogP contribution in [0.2, 0.25) is 0 Å². The van der Waals surface area contributed by atoms with Crippen LogP contribution in [0.25, 0.3) is 0 Å². The Hall–Kier alpha value is 0.966. The molecule has 0 aliphatic heterocycles. The Bertz CT molecular complexity index is 33.8. The summed E-state index contributed by atoms with van der Waals surface area (Å²) in [6.45, 7) is 0. The predicted octanol–water partition coefficient (Wildman–Crippen LogP) is -1.91. The van der Waals surface area contributed by atoms with Crippen molar-refractivity contribution in [3.63, 3.8) is 0 Å². The number of nitrogens with zero attached hydrogens (tertiary/aromatic N) is 1. The van der Waals surface area contributed by atoms with Crippen molar-refractivity contribution in [1.82, 2.24) is 0 Å². The molecule has 0 radical (unpaired) electrons. The second-order valence-corrected chi connectivity index (χ2v) is 0.238. The SMILES string of the molecule is O=[N+]([O-])O.[MgH2].[NaH]. The van der Waals surface area contributed by atoms with Crippen LogP contribution in [0.4, 0.5) is 0 Å². The van der Waals surface area contributed by atoms with E-state index in [1.807, 2.05) is 0 Å². The molecule has 30 valence electrons. The molecular formula is H4MgNNaO3. The first-order valence-corrected chi connectivity index (χ1v) is 0.565. The molecule has 0 amide bonds. The fraction of sp³-hybridized carbons (Fsp3) is 0. The molecule has 0 fully saturated rings. The Morgan fingerprint density at radius 1 is 1.67 bits per heavy atom. The minimum atomic E-state index is -1.50. The Labute approximate surface area is 72.5 Å². The minimum absolute atomic E-state index is 0. The van der Waals surface area contributed by atoms with Crippen molar-refractivity contribution in [2.75, 3.05) is 0 Å². The first-order valence-electron chi connectivity index (χ1n) is 0.565. The fourth-order valence-corrected chi connectivity index (χ4v) is 0. The van der Waals surface area contributed by atoms with Crippen LogP contribution in [-0.4, -0.2) is 62.9 Å². The molecule has 0 heterocycles. The molecule has 0 saturated carbocycles. The zero-order valence-electron chi connectivity index (χ0n) is 1.71. The van der Waals surface area contributed by atoms with Crippen LogP contribution >= 0.6 is 0 Å². The second-order valence-electron chi connectivity index (χ2n) is 0.238. The maximum atomic E-state index is 8.36. The molecule has 0 aromatic carbocycles. The van der Waals surface area contributed by atoms with Gasteiger partial charge < -0.3 is 5.21 Å². The topological polar surface area (TPSA) is 63.4 Å². The molecule has 4 nitrogen and oxygen atoms in total. The molecule has 0 aliphatic carbocycles. The molecule has 0 rings (SSSR count). The summed E-state index contributed by atoms with van der Waals surface area (Å²) in [5.74, 6) is 0. The predicted molar refractivity (Wildman–Crippen MR) is 24.5 cm³/mol. The van der Waals surface area contributed by atoms with E-state index < -0.39 is 5.09 Å². The number of hydrogen-bond donors (Lipinski definition) is 1. The van der Waals surface area contributed by atoms with Crippen LogP contribution in [0.3, 0.4) is 0 Å². The zero-order valence-corrected chi connectivity index (χ0v) is 1.71. The van der Waals surface area contributed by atoms with Crippen molar-refractivity contribution >= 4 is 52.6 Å². The molecule has 6 heavy (non-hydrogen) atoms. The summed E-state index contributed by atoms with van der Waals surface area (Å²) >= 11 is 0. The summed E-state index contributed by atoms with van der Waals surface area (Å²) in [5, 5.41) is 13.6. The van der Waals surface area contributed by atoms with E-state index in [9.17, 15) is 0 Å². The normalized spacial score (nSPS) is 4.00. The van der Waals surface area contributed by atoms with Gasteiger partial charge in [-0.2, -0.15) is 0 Å². The maximum absolute atomic E-state index is 8.36. The first-order chi connectivity index (χ1) is 1.73. The molecule has 0 aromatic heterocycles. The summed E-state index contributed by atoms with van der Waals surface area (Å²) in [6, 6.07) is 0. The van der Waals surface area contributed by atoms with E-state index in [1.165, 1.54) is 0 Å². The monoisotopic (exact) mass is 113 g/mol. The van der Waals surface area contributed by atoms with E-state index >= 15 is 0 Å². The third kappa shape index (κ3) is 83.7. The van der Waals surface area contributed by atoms with Gasteiger partial charge in [-0.05, 0) is 0 Å². The molecule has 0 spiro atoms. The van der Waals surface area contributed by atoms with Gasteiger partial charge in [-0.1, -0.05) is 0 Å². The standard InChI is InChI=1S/Mg.HNO3.Na.3H/c;2-1(3)4;;;;/h;(H,2,3,4);;;;. The molecule has 0 bridgehead atoms. The van der Waals surface area contributed by atoms with Crippen molar-refractivity contribution in [3.05, 3.63) is 10.1 Å². The second kappa shape index (κ2) is 9.35. The quantitative estimate of drug-likeness (QED) is 0.226. The number of rotatable bonds is 0. The van der Waals surface area contributed by atoms with E-state index in [-0.39, 0.29) is 52.6 Å². The van der Waals surface area contributed by atoms with Crippen molar-refractivity contribution in [2.24, 2.45) is 0 Å². The summed E-state index contributed by atoms with van der Waals surface area (Å²) in [4.78, 5) is 8.36. The van der Waals surface area contributed by atoms with Gasteiger partial charge in [0, 0.05) is 0 Å². The van der Waals surface area contributed by atoms with Crippen molar-refractivity contribution in [3.8, 4) is 0 Å². The molecule has 6 heteroatoms. The molecule has 0 saturated heterocycles. The molecule has 0 aromatic rings. The van der Waals surface area contributed by atoms with E-state index in [1.54, 1.807) is 0 Å². The molecule has 1 N–H and O–H groups in total. The van der Waals surface area contributed by atoms with Crippen molar-refractivity contribution in [2.45, 2.75) is 0 Å². The van der Waals surface area contributed by atoms with E-state index in [4.69, 9.17) is 15.3 Å². The van der Waals surface area contributed by atoms with E-state index in [0.717, 1.165) is 0 Å². The Balaban J connectivity index is -0.0000000450.